The molecule has 2 aliphatic heterocycles. The molecule has 0 radical (unpaired) electrons. The van der Waals surface area contributed by atoms with Crippen molar-refractivity contribution in [2.45, 2.75) is 19.1 Å². The molecule has 146 valence electrons. The zero-order chi connectivity index (χ0) is 19.5. The fourth-order valence-electron chi connectivity index (χ4n) is 3.56. The van der Waals surface area contributed by atoms with Crippen LogP contribution in [0.15, 0.2) is 42.5 Å². The summed E-state index contributed by atoms with van der Waals surface area (Å²) in [6.07, 6.45) is 0.154. The third kappa shape index (κ3) is 3.84. The normalized spacial score (nSPS) is 18.5. The van der Waals surface area contributed by atoms with E-state index in [1.54, 1.807) is 4.90 Å². The molecule has 4 rings (SSSR count). The second kappa shape index (κ2) is 7.98. The molecule has 2 aromatic rings. The van der Waals surface area contributed by atoms with Gasteiger partial charge in [-0.2, -0.15) is 0 Å². The number of fused-ring (bicyclic) bond motifs is 2. The van der Waals surface area contributed by atoms with Crippen LogP contribution in [0.3, 0.4) is 0 Å². The van der Waals surface area contributed by atoms with Gasteiger partial charge in [0, 0.05) is 25.2 Å². The minimum atomic E-state index is -0.636. The number of carbonyl (C=O) groups is 2. The van der Waals surface area contributed by atoms with Crippen LogP contribution >= 0.6 is 0 Å². The molecule has 0 saturated heterocycles. The Kier molecular flexibility index (Phi) is 5.25. The third-order valence-corrected chi connectivity index (χ3v) is 5.00. The highest BCUT2D eigenvalue weighted by Crippen LogP contribution is 2.27. The number of nitrogens with one attached hydrogen (secondary N) is 1. The molecular weight excluding hydrogens is 363 g/mol. The van der Waals surface area contributed by atoms with Crippen LogP contribution in [-0.4, -0.2) is 43.0 Å². The lowest BCUT2D eigenvalue weighted by molar-refractivity contribution is -0.136. The van der Waals surface area contributed by atoms with Gasteiger partial charge in [-0.15, -0.1) is 0 Å². The second-order valence-electron chi connectivity index (χ2n) is 6.85. The van der Waals surface area contributed by atoms with Gasteiger partial charge in [-0.1, -0.05) is 24.3 Å². The second-order valence-corrected chi connectivity index (χ2v) is 6.85. The van der Waals surface area contributed by atoms with Crippen molar-refractivity contribution in [3.63, 3.8) is 0 Å². The smallest absolute Gasteiger partial charge is 0.260 e. The Hall–Kier alpha value is -2.93. The van der Waals surface area contributed by atoms with Gasteiger partial charge in [0.2, 0.25) is 0 Å². The van der Waals surface area contributed by atoms with Crippen LogP contribution in [0.1, 0.15) is 22.8 Å². The van der Waals surface area contributed by atoms with Crippen LogP contribution in [0.25, 0.3) is 0 Å². The summed E-state index contributed by atoms with van der Waals surface area (Å²) in [6.45, 7) is 1.21. The van der Waals surface area contributed by atoms with Gasteiger partial charge in [0.05, 0.1) is 6.61 Å². The Bertz CT molecular complexity index is 902. The zero-order valence-corrected chi connectivity index (χ0v) is 15.3. The Morgan fingerprint density at radius 2 is 2.07 bits per heavy atom. The van der Waals surface area contributed by atoms with Crippen LogP contribution in [0.4, 0.5) is 4.39 Å². The number of ether oxygens (including phenoxy) is 2. The quantitative estimate of drug-likeness (QED) is 0.875. The molecule has 6 nitrogen and oxygen atoms in total. The lowest BCUT2D eigenvalue weighted by Gasteiger charge is -2.26. The molecule has 1 unspecified atom stereocenters. The summed E-state index contributed by atoms with van der Waals surface area (Å²) in [6, 6.07) is 12.0. The van der Waals surface area contributed by atoms with E-state index in [1.165, 1.54) is 18.2 Å². The van der Waals surface area contributed by atoms with E-state index in [9.17, 15) is 14.0 Å². The summed E-state index contributed by atoms with van der Waals surface area (Å²) in [4.78, 5) is 26.4. The fraction of sp³-hybridized carbons (Fsp3) is 0.333. The van der Waals surface area contributed by atoms with Gasteiger partial charge in [-0.25, -0.2) is 4.39 Å². The maximum Gasteiger partial charge on any atom is 0.260 e. The lowest BCUT2D eigenvalue weighted by Crippen LogP contribution is -2.41. The highest BCUT2D eigenvalue weighted by Gasteiger charge is 2.27. The van der Waals surface area contributed by atoms with Crippen molar-refractivity contribution in [3.8, 4) is 5.75 Å². The van der Waals surface area contributed by atoms with Crippen molar-refractivity contribution >= 4 is 11.8 Å². The fourth-order valence-corrected chi connectivity index (χ4v) is 3.56. The summed E-state index contributed by atoms with van der Waals surface area (Å²) < 4.78 is 24.6. The predicted molar refractivity (Wildman–Crippen MR) is 99.2 cm³/mol. The molecule has 2 amide bonds. The van der Waals surface area contributed by atoms with Gasteiger partial charge >= 0.3 is 0 Å². The maximum absolute atomic E-state index is 13.5. The number of hydrogen-bond donors (Lipinski definition) is 1. The van der Waals surface area contributed by atoms with E-state index in [0.29, 0.717) is 24.5 Å². The molecule has 1 atom stereocenters. The number of nitrogens with zero attached hydrogens (tertiary/aromatic N) is 1. The highest BCUT2D eigenvalue weighted by molar-refractivity contribution is 5.83. The molecular formula is C21H21FN2O4. The number of benzene rings is 2. The van der Waals surface area contributed by atoms with Crippen molar-refractivity contribution in [1.82, 2.24) is 10.2 Å². The summed E-state index contributed by atoms with van der Waals surface area (Å²) in [5.74, 6) is -0.297. The van der Waals surface area contributed by atoms with Crippen LogP contribution in [0, 0.1) is 5.82 Å². The molecule has 0 spiro atoms. The first-order chi connectivity index (χ1) is 13.6. The van der Waals surface area contributed by atoms with Gasteiger partial charge in [-0.3, -0.25) is 9.59 Å². The minimum absolute atomic E-state index is 0.105. The van der Waals surface area contributed by atoms with Gasteiger partial charge in [0.25, 0.3) is 11.8 Å². The Balaban J connectivity index is 1.37. The molecule has 28 heavy (non-hydrogen) atoms. The van der Waals surface area contributed by atoms with E-state index >= 15 is 0 Å². The average Bonchev–Trinajstić information content (AvgIpc) is 2.86. The molecule has 7 heteroatoms. The summed E-state index contributed by atoms with van der Waals surface area (Å²) in [7, 11) is 0. The Labute approximate surface area is 162 Å². The molecule has 0 saturated carbocycles. The van der Waals surface area contributed by atoms with E-state index < -0.39 is 6.10 Å². The van der Waals surface area contributed by atoms with E-state index in [2.05, 4.69) is 5.32 Å². The molecule has 2 aromatic carbocycles. The summed E-state index contributed by atoms with van der Waals surface area (Å²) in [5.41, 5.74) is 2.61. The SMILES string of the molecule is O=C(NCCN1Cc2cc(F)ccc2OCC1=O)C1OCCc2ccccc21. The maximum atomic E-state index is 13.5. The van der Waals surface area contributed by atoms with Crippen molar-refractivity contribution in [2.24, 2.45) is 0 Å². The highest BCUT2D eigenvalue weighted by atomic mass is 19.1. The van der Waals surface area contributed by atoms with E-state index in [4.69, 9.17) is 9.47 Å². The molecule has 0 bridgehead atoms. The molecule has 0 fully saturated rings. The van der Waals surface area contributed by atoms with Gasteiger partial charge in [-0.05, 0) is 35.7 Å². The van der Waals surface area contributed by atoms with Crippen molar-refractivity contribution in [2.75, 3.05) is 26.3 Å². The van der Waals surface area contributed by atoms with Crippen LogP contribution in [0.5, 0.6) is 5.75 Å². The first-order valence-corrected chi connectivity index (χ1v) is 9.28. The number of halogens is 1. The molecule has 0 aromatic heterocycles. The first-order valence-electron chi connectivity index (χ1n) is 9.28. The van der Waals surface area contributed by atoms with Crippen molar-refractivity contribution in [3.05, 3.63) is 65.0 Å². The summed E-state index contributed by atoms with van der Waals surface area (Å²) in [5, 5.41) is 2.84. The van der Waals surface area contributed by atoms with E-state index in [1.807, 2.05) is 24.3 Å². The largest absolute Gasteiger partial charge is 0.483 e. The Morgan fingerprint density at radius 1 is 1.21 bits per heavy atom. The average molecular weight is 384 g/mol. The monoisotopic (exact) mass is 384 g/mol. The molecule has 0 aliphatic carbocycles. The lowest BCUT2D eigenvalue weighted by atomic mass is 9.97. The molecule has 1 N–H and O–H groups in total. The summed E-state index contributed by atoms with van der Waals surface area (Å²) >= 11 is 0. The van der Waals surface area contributed by atoms with Crippen molar-refractivity contribution < 1.29 is 23.5 Å². The predicted octanol–water partition coefficient (Wildman–Crippen LogP) is 1.98. The van der Waals surface area contributed by atoms with Crippen LogP contribution < -0.4 is 10.1 Å². The topological polar surface area (TPSA) is 67.9 Å². The van der Waals surface area contributed by atoms with Gasteiger partial charge in [0.15, 0.2) is 12.7 Å². The number of rotatable bonds is 4. The van der Waals surface area contributed by atoms with Gasteiger partial charge in [0.1, 0.15) is 11.6 Å². The molecule has 2 aliphatic rings. The first kappa shape index (κ1) is 18.4. The zero-order valence-electron chi connectivity index (χ0n) is 15.3. The number of amides is 2. The van der Waals surface area contributed by atoms with E-state index in [0.717, 1.165) is 17.5 Å². The van der Waals surface area contributed by atoms with Crippen LogP contribution in [0.2, 0.25) is 0 Å². The minimum Gasteiger partial charge on any atom is -0.483 e. The standard InChI is InChI=1S/C21H21FN2O4/c22-16-5-6-18-15(11-16)12-24(19(25)13-28-18)9-8-23-21(26)20-17-4-2-1-3-14(17)7-10-27-20/h1-6,11,20H,7-10,12-13H2,(H,23,26). The number of hydrogen-bond acceptors (Lipinski definition) is 4. The molecule has 2 heterocycles. The van der Waals surface area contributed by atoms with Crippen molar-refractivity contribution in [1.29, 1.82) is 0 Å². The van der Waals surface area contributed by atoms with E-state index in [-0.39, 0.29) is 37.3 Å². The Morgan fingerprint density at radius 3 is 2.96 bits per heavy atom. The van der Waals surface area contributed by atoms with Crippen LogP contribution in [-0.2, 0) is 27.3 Å². The third-order valence-electron chi connectivity index (χ3n) is 5.00. The van der Waals surface area contributed by atoms with Gasteiger partial charge < -0.3 is 19.7 Å². The number of carbonyl (C=O) groups excluding carboxylic acids is 2.